The third-order valence-electron chi connectivity index (χ3n) is 3.92. The number of hydrogen-bond acceptors (Lipinski definition) is 7. The monoisotopic (exact) mass is 397 g/mol. The summed E-state index contributed by atoms with van der Waals surface area (Å²) < 4.78 is 0. The largest absolute Gasteiger partial charge is 0.370 e. The molecule has 0 saturated heterocycles. The maximum atomic E-state index is 12.5. The molecule has 2 aromatic carbocycles. The highest BCUT2D eigenvalue weighted by molar-refractivity contribution is 8.00. The Balaban J connectivity index is 1.73. The summed E-state index contributed by atoms with van der Waals surface area (Å²) in [4.78, 5) is 31.8. The Hall–Kier alpha value is -3.20. The molecule has 3 aromatic rings. The van der Waals surface area contributed by atoms with Crippen LogP contribution in [0.25, 0.3) is 10.9 Å². The third kappa shape index (κ3) is 4.55. The molecule has 0 radical (unpaired) electrons. The zero-order chi connectivity index (χ0) is 20.1. The number of rotatable bonds is 7. The highest BCUT2D eigenvalue weighted by Gasteiger charge is 2.18. The van der Waals surface area contributed by atoms with Crippen molar-refractivity contribution in [2.24, 2.45) is 0 Å². The maximum Gasteiger partial charge on any atom is 0.269 e. The number of non-ortho nitro benzene ring substituents is 1. The van der Waals surface area contributed by atoms with E-state index in [-0.39, 0.29) is 11.6 Å². The first-order valence-electron chi connectivity index (χ1n) is 8.70. The van der Waals surface area contributed by atoms with Crippen LogP contribution in [-0.2, 0) is 4.79 Å². The van der Waals surface area contributed by atoms with E-state index in [1.807, 2.05) is 31.2 Å². The summed E-state index contributed by atoms with van der Waals surface area (Å²) in [5.74, 6) is 0.499. The average molecular weight is 397 g/mol. The van der Waals surface area contributed by atoms with E-state index in [9.17, 15) is 14.9 Å². The fourth-order valence-electron chi connectivity index (χ4n) is 2.53. The summed E-state index contributed by atoms with van der Waals surface area (Å²) in [7, 11) is 0. The lowest BCUT2D eigenvalue weighted by molar-refractivity contribution is -0.384. The number of para-hydroxylation sites is 1. The van der Waals surface area contributed by atoms with E-state index in [1.165, 1.54) is 36.0 Å². The molecule has 0 saturated carbocycles. The number of carbonyl (C=O) groups excluding carboxylic acids is 1. The first kappa shape index (κ1) is 19.6. The standard InChI is InChI=1S/C19H19N5O3S/c1-3-20-17-15-6-4-5-7-16(15)22-19(23-17)28-12(2)18(25)21-13-8-10-14(11-9-13)24(26)27/h4-12H,3H2,1-2H3,(H,21,25)(H,20,22,23). The van der Waals surface area contributed by atoms with E-state index in [0.717, 1.165) is 23.3 Å². The van der Waals surface area contributed by atoms with Crippen molar-refractivity contribution in [2.45, 2.75) is 24.3 Å². The molecule has 1 atom stereocenters. The second-order valence-corrected chi connectivity index (χ2v) is 7.26. The Kier molecular flexibility index (Phi) is 6.05. The van der Waals surface area contributed by atoms with E-state index >= 15 is 0 Å². The summed E-state index contributed by atoms with van der Waals surface area (Å²) in [6.45, 7) is 4.47. The smallest absolute Gasteiger partial charge is 0.269 e. The minimum atomic E-state index is -0.483. The summed E-state index contributed by atoms with van der Waals surface area (Å²) >= 11 is 1.25. The molecule has 0 aliphatic heterocycles. The Bertz CT molecular complexity index is 1010. The number of nitro benzene ring substituents is 1. The van der Waals surface area contributed by atoms with Crippen molar-refractivity contribution in [1.82, 2.24) is 9.97 Å². The van der Waals surface area contributed by atoms with Crippen LogP contribution in [0.4, 0.5) is 17.2 Å². The van der Waals surface area contributed by atoms with Crippen LogP contribution in [0.15, 0.2) is 53.7 Å². The number of nitrogens with one attached hydrogen (secondary N) is 2. The molecule has 0 bridgehead atoms. The van der Waals surface area contributed by atoms with Gasteiger partial charge in [0.1, 0.15) is 5.82 Å². The lowest BCUT2D eigenvalue weighted by atomic mass is 10.2. The van der Waals surface area contributed by atoms with Gasteiger partial charge in [-0.2, -0.15) is 0 Å². The highest BCUT2D eigenvalue weighted by atomic mass is 32.2. The van der Waals surface area contributed by atoms with Crippen LogP contribution in [0.5, 0.6) is 0 Å². The number of amides is 1. The van der Waals surface area contributed by atoms with Gasteiger partial charge in [-0.1, -0.05) is 23.9 Å². The first-order valence-corrected chi connectivity index (χ1v) is 9.58. The van der Waals surface area contributed by atoms with Gasteiger partial charge in [-0.15, -0.1) is 0 Å². The molecule has 2 N–H and O–H groups in total. The van der Waals surface area contributed by atoms with Gasteiger partial charge < -0.3 is 10.6 Å². The molecule has 0 fully saturated rings. The van der Waals surface area contributed by atoms with Crippen LogP contribution in [0.2, 0.25) is 0 Å². The van der Waals surface area contributed by atoms with Gasteiger partial charge in [0.2, 0.25) is 5.91 Å². The van der Waals surface area contributed by atoms with Crippen molar-refractivity contribution in [3.8, 4) is 0 Å². The van der Waals surface area contributed by atoms with Crippen molar-refractivity contribution in [3.63, 3.8) is 0 Å². The summed E-state index contributed by atoms with van der Waals surface area (Å²) in [6, 6.07) is 13.4. The molecule has 9 heteroatoms. The molecule has 0 aliphatic rings. The van der Waals surface area contributed by atoms with Gasteiger partial charge in [0.05, 0.1) is 15.7 Å². The third-order valence-corrected chi connectivity index (χ3v) is 4.89. The highest BCUT2D eigenvalue weighted by Crippen LogP contribution is 2.27. The first-order chi connectivity index (χ1) is 13.5. The molecule has 1 aromatic heterocycles. The summed E-state index contributed by atoms with van der Waals surface area (Å²) in [5.41, 5.74) is 1.27. The number of benzene rings is 2. The Morgan fingerprint density at radius 1 is 1.18 bits per heavy atom. The number of aromatic nitrogens is 2. The molecular formula is C19H19N5O3S. The van der Waals surface area contributed by atoms with E-state index in [1.54, 1.807) is 6.92 Å². The Morgan fingerprint density at radius 3 is 2.57 bits per heavy atom. The molecule has 1 heterocycles. The second-order valence-electron chi connectivity index (χ2n) is 5.96. The normalized spacial score (nSPS) is 11.8. The number of nitro groups is 1. The van der Waals surface area contributed by atoms with Crippen LogP contribution >= 0.6 is 11.8 Å². The minimum Gasteiger partial charge on any atom is -0.370 e. The molecule has 0 aliphatic carbocycles. The molecule has 3 rings (SSSR count). The Labute approximate surface area is 165 Å². The van der Waals surface area contributed by atoms with Gasteiger partial charge >= 0.3 is 0 Å². The molecule has 8 nitrogen and oxygen atoms in total. The lowest BCUT2D eigenvalue weighted by Crippen LogP contribution is -2.22. The average Bonchev–Trinajstić information content (AvgIpc) is 2.68. The molecule has 28 heavy (non-hydrogen) atoms. The number of nitrogens with zero attached hydrogens (tertiary/aromatic N) is 3. The summed E-state index contributed by atoms with van der Waals surface area (Å²) in [5, 5.41) is 17.7. The van der Waals surface area contributed by atoms with Crippen molar-refractivity contribution >= 4 is 45.8 Å². The van der Waals surface area contributed by atoms with E-state index in [2.05, 4.69) is 20.6 Å². The van der Waals surface area contributed by atoms with E-state index in [0.29, 0.717) is 10.8 Å². The zero-order valence-electron chi connectivity index (χ0n) is 15.4. The van der Waals surface area contributed by atoms with Crippen molar-refractivity contribution in [2.75, 3.05) is 17.2 Å². The van der Waals surface area contributed by atoms with Crippen LogP contribution in [0, 0.1) is 10.1 Å². The number of anilines is 2. The predicted octanol–water partition coefficient (Wildman–Crippen LogP) is 4.09. The van der Waals surface area contributed by atoms with Gasteiger partial charge in [-0.25, -0.2) is 9.97 Å². The summed E-state index contributed by atoms with van der Waals surface area (Å²) in [6.07, 6.45) is 0. The number of thioether (sulfide) groups is 1. The van der Waals surface area contributed by atoms with E-state index in [4.69, 9.17) is 0 Å². The molecule has 0 spiro atoms. The molecule has 1 unspecified atom stereocenters. The fourth-order valence-corrected chi connectivity index (χ4v) is 3.31. The molecular weight excluding hydrogens is 378 g/mol. The topological polar surface area (TPSA) is 110 Å². The van der Waals surface area contributed by atoms with Gasteiger partial charge in [0.25, 0.3) is 5.69 Å². The number of carbonyl (C=O) groups is 1. The van der Waals surface area contributed by atoms with E-state index < -0.39 is 10.2 Å². The van der Waals surface area contributed by atoms with Crippen LogP contribution in [-0.4, -0.2) is 32.6 Å². The SMILES string of the molecule is CCNc1nc(SC(C)C(=O)Nc2ccc([N+](=O)[O-])cc2)nc2ccccc12. The van der Waals surface area contributed by atoms with Crippen molar-refractivity contribution < 1.29 is 9.72 Å². The van der Waals surface area contributed by atoms with Gasteiger partial charge in [-0.05, 0) is 38.1 Å². The van der Waals surface area contributed by atoms with Crippen molar-refractivity contribution in [3.05, 3.63) is 58.6 Å². The number of hydrogen-bond donors (Lipinski definition) is 2. The van der Waals surface area contributed by atoms with Gasteiger partial charge in [-0.3, -0.25) is 14.9 Å². The maximum absolute atomic E-state index is 12.5. The predicted molar refractivity (Wildman–Crippen MR) is 111 cm³/mol. The van der Waals surface area contributed by atoms with Gasteiger partial charge in [0, 0.05) is 29.8 Å². The zero-order valence-corrected chi connectivity index (χ0v) is 16.2. The fraction of sp³-hybridized carbons (Fsp3) is 0.211. The Morgan fingerprint density at radius 2 is 1.89 bits per heavy atom. The van der Waals surface area contributed by atoms with Crippen LogP contribution in [0.1, 0.15) is 13.8 Å². The minimum absolute atomic E-state index is 0.0269. The quantitative estimate of drug-likeness (QED) is 0.267. The second kappa shape index (κ2) is 8.66. The molecule has 144 valence electrons. The van der Waals surface area contributed by atoms with Crippen LogP contribution in [0.3, 0.4) is 0 Å². The van der Waals surface area contributed by atoms with Crippen LogP contribution < -0.4 is 10.6 Å². The van der Waals surface area contributed by atoms with Crippen molar-refractivity contribution in [1.29, 1.82) is 0 Å². The van der Waals surface area contributed by atoms with Gasteiger partial charge in [0.15, 0.2) is 5.16 Å². The molecule has 1 amide bonds. The lowest BCUT2D eigenvalue weighted by Gasteiger charge is -2.13. The number of fused-ring (bicyclic) bond motifs is 1.